The molecule has 0 aliphatic heterocycles. The molecule has 3 heterocycles. The Morgan fingerprint density at radius 1 is 0.496 bits per heavy atom. The Morgan fingerprint density at radius 3 is 1.43 bits per heavy atom. The van der Waals surface area contributed by atoms with Gasteiger partial charge >= 0.3 is 11.9 Å². The van der Waals surface area contributed by atoms with E-state index in [0.717, 1.165) is 0 Å². The molecule has 0 fully saturated rings. The number of hydrogen-bond donors (Lipinski definition) is 22. The molecule has 119 heavy (non-hydrogen) atoms. The van der Waals surface area contributed by atoms with Gasteiger partial charge in [0.25, 0.3) is 0 Å². The number of aromatic nitrogens is 4. The quantitative estimate of drug-likeness (QED) is 0.0155. The fourth-order valence-electron chi connectivity index (χ4n) is 13.3. The van der Waals surface area contributed by atoms with E-state index in [2.05, 4.69) is 89.1 Å². The van der Waals surface area contributed by atoms with Crippen LogP contribution in [-0.4, -0.2) is 226 Å². The highest BCUT2D eigenvalue weighted by Crippen LogP contribution is 2.23. The first-order valence-electron chi connectivity index (χ1n) is 39.4. The molecule has 0 saturated heterocycles. The van der Waals surface area contributed by atoms with Gasteiger partial charge < -0.3 is 115 Å². The third kappa shape index (κ3) is 30.5. The predicted octanol–water partition coefficient (Wildman–Crippen LogP) is -1.34. The molecule has 14 atom stereocenters. The van der Waals surface area contributed by atoms with E-state index in [1.165, 1.54) is 26.4 Å². The second kappa shape index (κ2) is 45.7. The normalized spacial score (nSPS) is 15.1. The highest BCUT2D eigenvalue weighted by Gasteiger charge is 2.39. The molecule has 1 unspecified atom stereocenters. The zero-order valence-electron chi connectivity index (χ0n) is 68.6. The monoisotopic (exact) mass is 1660 g/mol. The number of aldehydes is 1. The number of rotatable bonds is 49. The number of carboxylic acid groups (broad SMARTS) is 2. The maximum Gasteiger partial charge on any atom is 0.305 e. The molecule has 6 aromatic rings. The molecule has 3 aromatic heterocycles. The second-order valence-electron chi connectivity index (χ2n) is 31.7. The Kier molecular flexibility index (Phi) is 36.8. The van der Waals surface area contributed by atoms with Crippen molar-refractivity contribution in [2.24, 2.45) is 29.2 Å². The smallest absolute Gasteiger partial charge is 0.305 e. The van der Waals surface area contributed by atoms with Crippen molar-refractivity contribution in [3.63, 3.8) is 0 Å². The minimum Gasteiger partial charge on any atom is -0.481 e. The highest BCUT2D eigenvalue weighted by molar-refractivity contribution is 6.00. The largest absolute Gasteiger partial charge is 0.481 e. The van der Waals surface area contributed by atoms with Gasteiger partial charge in [-0.25, -0.2) is 4.98 Å². The van der Waals surface area contributed by atoms with Gasteiger partial charge in [0, 0.05) is 91.0 Å². The number of fused-ring (bicyclic) bond motifs is 2. The van der Waals surface area contributed by atoms with Crippen molar-refractivity contribution in [3.8, 4) is 0 Å². The Labute approximate surface area is 688 Å². The van der Waals surface area contributed by atoms with Crippen LogP contribution in [-0.2, 0) is 104 Å². The van der Waals surface area contributed by atoms with E-state index in [4.69, 9.17) is 11.5 Å². The first-order valence-corrected chi connectivity index (χ1v) is 39.4. The summed E-state index contributed by atoms with van der Waals surface area (Å²) in [7, 11) is 0. The van der Waals surface area contributed by atoms with E-state index in [1.807, 2.05) is 0 Å². The van der Waals surface area contributed by atoms with Gasteiger partial charge in [-0.05, 0) is 106 Å². The van der Waals surface area contributed by atoms with E-state index < -0.39 is 211 Å². The number of hydrogen-bond acceptors (Lipinski definition) is 21. The van der Waals surface area contributed by atoms with Gasteiger partial charge in [-0.15, -0.1) is 0 Å². The number of nitrogens with two attached hydrogens (primary N) is 2. The van der Waals surface area contributed by atoms with Crippen LogP contribution in [0.3, 0.4) is 0 Å². The van der Waals surface area contributed by atoms with E-state index in [-0.39, 0.29) is 62.6 Å². The summed E-state index contributed by atoms with van der Waals surface area (Å²) in [5.74, 6) is -15.4. The number of primary amides is 1. The highest BCUT2D eigenvalue weighted by atomic mass is 16.4. The van der Waals surface area contributed by atoms with Crippen LogP contribution in [0.2, 0.25) is 0 Å². The van der Waals surface area contributed by atoms with Gasteiger partial charge in [0.05, 0.1) is 43.2 Å². The number of carbonyl (C=O) groups excluding carboxylic acids is 13. The molecule has 12 amide bonds. The molecule has 0 aliphatic rings. The SMILES string of the molecule is CC(C)C[C@H](NC(=O)[C@H](Cc1c[nH]cn1)NC(=O)[C@H](Cc1c[nH]c2ccccc12)NC(=O)[C@H](C)NC(=O)[C@H](CC=O)NC(O)[C@H](CC(=O)O)NC(C)(C)C)C(=O)NCC(=O)N[C@@H](CCC(=O)O)C(=O)N[C@@H](CC(C)C)C(=O)N[C@H](C(=O)N[C@@H](Cc1c[nH]c2ccccc12)C(=O)N[C@@H](Cc1ccccc1CN)C(=O)N[C@H](C(N)=O)[C@@H](C)O)C(C)C. The summed E-state index contributed by atoms with van der Waals surface area (Å²) in [6, 6.07) is 3.36. The fourth-order valence-corrected chi connectivity index (χ4v) is 13.3. The molecular weight excluding hydrogens is 1540 g/mol. The minimum atomic E-state index is -1.68. The average Bonchev–Trinajstić information content (AvgIpc) is 1.73. The van der Waals surface area contributed by atoms with Gasteiger partial charge in [-0.2, -0.15) is 0 Å². The van der Waals surface area contributed by atoms with Crippen molar-refractivity contribution < 1.29 is 92.3 Å². The average molecular weight is 1660 g/mol. The lowest BCUT2D eigenvalue weighted by atomic mass is 9.97. The van der Waals surface area contributed by atoms with Crippen LogP contribution in [0.4, 0.5) is 0 Å². The zero-order chi connectivity index (χ0) is 88.1. The second-order valence-corrected chi connectivity index (χ2v) is 31.7. The zero-order valence-corrected chi connectivity index (χ0v) is 68.6. The van der Waals surface area contributed by atoms with E-state index >= 15 is 0 Å². The number of para-hydroxylation sites is 2. The topological polar surface area (TPSA) is 606 Å². The summed E-state index contributed by atoms with van der Waals surface area (Å²) in [4.78, 5) is 220. The summed E-state index contributed by atoms with van der Waals surface area (Å²) >= 11 is 0. The lowest BCUT2D eigenvalue weighted by Crippen LogP contribution is -2.61. The number of aliphatic hydroxyl groups is 2. The number of carbonyl (C=O) groups is 15. The Bertz CT molecular complexity index is 4500. The number of aromatic amines is 3. The molecule has 0 radical (unpaired) electrons. The maximum atomic E-state index is 14.9. The maximum absolute atomic E-state index is 14.9. The molecule has 38 nitrogen and oxygen atoms in total. The van der Waals surface area contributed by atoms with E-state index in [1.54, 1.807) is 148 Å². The van der Waals surface area contributed by atoms with Crippen LogP contribution in [0.5, 0.6) is 0 Å². The Morgan fingerprint density at radius 2 is 0.950 bits per heavy atom. The van der Waals surface area contributed by atoms with Gasteiger partial charge in [0.2, 0.25) is 70.9 Å². The number of aliphatic carboxylic acids is 2. The summed E-state index contributed by atoms with van der Waals surface area (Å²) in [5, 5.41) is 76.4. The summed E-state index contributed by atoms with van der Waals surface area (Å²) < 4.78 is 0. The van der Waals surface area contributed by atoms with Gasteiger partial charge in [0.15, 0.2) is 0 Å². The molecule has 648 valence electrons. The predicted molar refractivity (Wildman–Crippen MR) is 436 cm³/mol. The number of H-pyrrole nitrogens is 3. The number of imidazole rings is 1. The Hall–Kier alpha value is -12.0. The third-order valence-corrected chi connectivity index (χ3v) is 19.4. The number of nitrogens with zero attached hydrogens (tertiary/aromatic N) is 1. The van der Waals surface area contributed by atoms with Crippen LogP contribution in [0, 0.1) is 17.8 Å². The molecule has 0 bridgehead atoms. The van der Waals surface area contributed by atoms with Crippen molar-refractivity contribution in [3.05, 3.63) is 126 Å². The number of benzene rings is 3. The van der Waals surface area contributed by atoms with E-state index in [9.17, 15) is 92.3 Å². The van der Waals surface area contributed by atoms with Crippen LogP contribution >= 0.6 is 0 Å². The summed E-state index contributed by atoms with van der Waals surface area (Å²) in [6.07, 6.45) is -0.0836. The molecule has 38 heteroatoms. The Balaban J connectivity index is 1.18. The van der Waals surface area contributed by atoms with Crippen LogP contribution in [0.25, 0.3) is 21.8 Å². The third-order valence-electron chi connectivity index (χ3n) is 19.4. The van der Waals surface area contributed by atoms with Gasteiger partial charge in [-0.3, -0.25) is 72.4 Å². The van der Waals surface area contributed by atoms with Crippen LogP contribution in [0.1, 0.15) is 143 Å². The van der Waals surface area contributed by atoms with Gasteiger partial charge in [-0.1, -0.05) is 102 Å². The van der Waals surface area contributed by atoms with Crippen molar-refractivity contribution >= 4 is 111 Å². The number of aliphatic hydroxyl groups excluding tert-OH is 2. The summed E-state index contributed by atoms with van der Waals surface area (Å²) in [6.45, 7) is 17.0. The number of nitrogens with one attached hydrogen (secondary N) is 16. The lowest BCUT2D eigenvalue weighted by molar-refractivity contribution is -0.139. The first kappa shape index (κ1) is 95.8. The number of amides is 12. The standard InChI is InChI=1S/C81H115N19O19/c1-41(2)28-57(93-76(115)62(33-50-38-84-40-88-50)96-74(113)60(31-48-36-85-53-22-16-14-20-51(48)53)92-70(109)44(7)89-72(111)56(26-27-101)91-79(118)63(34-66(106)107)100-81(9,10)11)71(110)87-39-64(103)90-55(24-25-65(104)105)73(112)94-58(29-42(3)4)77(116)98-67(43(5)6)80(119)97-61(32-49-37-86-54-23-17-15-21-52(49)54)75(114)95-59(30-46-18-12-13-19-47(46)35-82)78(117)99-68(45(8)102)69(83)108/h12-23,27,36-38,40-45,55-63,67-68,79,85-86,91,100,102,118H,24-26,28-35,39,82H2,1-11H3,(H2,83,108)(H,84,88)(H,87,110)(H,89,111)(H,90,103)(H,92,109)(H,93,115)(H,94,112)(H,95,114)(H,96,113)(H,97,119)(H,98,116)(H,99,117)(H,104,105)(H,106,107)/t44-,45+,55-,56-,57-,58-,59-,60-,61-,62-,63-,67-,68-,79?/m0/s1. The summed E-state index contributed by atoms with van der Waals surface area (Å²) in [5.41, 5.74) is 14.8. The molecular formula is C81H115N19O19. The van der Waals surface area contributed by atoms with Crippen molar-refractivity contribution in [2.45, 2.75) is 237 Å². The van der Waals surface area contributed by atoms with Crippen LogP contribution < -0.4 is 80.6 Å². The number of carboxylic acids is 2. The van der Waals surface area contributed by atoms with Gasteiger partial charge in [0.1, 0.15) is 72.9 Å². The van der Waals surface area contributed by atoms with Crippen molar-refractivity contribution in [2.75, 3.05) is 6.54 Å². The molecule has 0 spiro atoms. The molecule has 24 N–H and O–H groups in total. The molecule has 0 aliphatic carbocycles. The molecule has 6 rings (SSSR count). The van der Waals surface area contributed by atoms with Crippen molar-refractivity contribution in [1.82, 2.24) is 89.1 Å². The lowest BCUT2D eigenvalue weighted by Gasteiger charge is -2.33. The first-order chi connectivity index (χ1) is 56.1. The molecule has 0 saturated carbocycles. The minimum absolute atomic E-state index is 0.0450. The fraction of sp³-hybridized carbons (Fsp3) is 0.506. The van der Waals surface area contributed by atoms with Crippen LogP contribution in [0.15, 0.2) is 97.7 Å². The van der Waals surface area contributed by atoms with E-state index in [0.29, 0.717) is 50.3 Å². The molecule has 3 aromatic carbocycles. The van der Waals surface area contributed by atoms with Crippen molar-refractivity contribution in [1.29, 1.82) is 0 Å².